The summed E-state index contributed by atoms with van der Waals surface area (Å²) in [6.45, 7) is 4.28. The molecule has 0 aliphatic heterocycles. The summed E-state index contributed by atoms with van der Waals surface area (Å²) < 4.78 is 0. The molecule has 1 amide bonds. The number of carbonyl (C=O) groups is 1. The van der Waals surface area contributed by atoms with Gasteiger partial charge in [-0.05, 0) is 51.4 Å². The minimum atomic E-state index is -0.662. The van der Waals surface area contributed by atoms with Crippen molar-refractivity contribution in [1.29, 1.82) is 0 Å². The fourth-order valence-electron chi connectivity index (χ4n) is 9.89. The van der Waals surface area contributed by atoms with E-state index in [9.17, 15) is 15.0 Å². The third-order valence-electron chi connectivity index (χ3n) is 14.6. The van der Waals surface area contributed by atoms with E-state index in [0.29, 0.717) is 12.8 Å². The Morgan fingerprint density at radius 2 is 0.638 bits per heavy atom. The van der Waals surface area contributed by atoms with Gasteiger partial charge in [-0.1, -0.05) is 332 Å². The second-order valence-corrected chi connectivity index (χ2v) is 21.5. The number of unbranched alkanes of at least 4 members (excludes halogenated alkanes) is 43. The Bertz CT molecular complexity index is 1090. The predicted molar refractivity (Wildman–Crippen MR) is 308 cm³/mol. The van der Waals surface area contributed by atoms with Crippen LogP contribution in [0.4, 0.5) is 0 Å². The number of aliphatic hydroxyl groups excluding tert-OH is 2. The van der Waals surface area contributed by atoms with Crippen molar-refractivity contribution in [1.82, 2.24) is 5.32 Å². The topological polar surface area (TPSA) is 69.6 Å². The maximum atomic E-state index is 12.5. The summed E-state index contributed by atoms with van der Waals surface area (Å²) in [6.07, 6.45) is 84.2. The Labute approximate surface area is 433 Å². The van der Waals surface area contributed by atoms with E-state index in [1.807, 2.05) is 0 Å². The van der Waals surface area contributed by atoms with Crippen molar-refractivity contribution in [2.45, 2.75) is 353 Å². The van der Waals surface area contributed by atoms with Crippen LogP contribution in [0.2, 0.25) is 0 Å². The summed E-state index contributed by atoms with van der Waals surface area (Å²) in [5.41, 5.74) is 0. The molecule has 406 valence electrons. The highest BCUT2D eigenvalue weighted by Crippen LogP contribution is 2.18. The zero-order valence-electron chi connectivity index (χ0n) is 46.8. The summed E-state index contributed by atoms with van der Waals surface area (Å²) in [7, 11) is 0. The van der Waals surface area contributed by atoms with Gasteiger partial charge in [-0.25, -0.2) is 0 Å². The van der Waals surface area contributed by atoms with Crippen molar-refractivity contribution in [2.24, 2.45) is 0 Å². The molecule has 2 atom stereocenters. The second-order valence-electron chi connectivity index (χ2n) is 21.5. The average Bonchev–Trinajstić information content (AvgIpc) is 3.35. The van der Waals surface area contributed by atoms with Gasteiger partial charge < -0.3 is 15.5 Å². The first kappa shape index (κ1) is 67.3. The standard InChI is InChI=1S/C65H123NO3/c1-3-5-7-9-11-13-15-17-19-21-23-25-27-29-31-32-33-35-36-38-40-42-44-46-48-50-52-54-56-58-60-64(68)63(62-67)66-65(69)61-59-57-55-53-51-49-47-45-43-41-39-37-34-30-28-26-24-22-20-18-16-14-12-10-8-6-4-2/h6,8,12,14,18,20,24,26,63-64,67-68H,3-5,7,9-11,13,15-17,19,21-23,25,27-62H2,1-2H3,(H,66,69)/b8-6-,14-12-,20-18-,26-24-. The molecule has 69 heavy (non-hydrogen) atoms. The number of amides is 1. The van der Waals surface area contributed by atoms with E-state index >= 15 is 0 Å². The molecule has 0 rings (SSSR count). The first-order valence-corrected chi connectivity index (χ1v) is 31.3. The predicted octanol–water partition coefficient (Wildman–Crippen LogP) is 21.0. The number of rotatable bonds is 58. The van der Waals surface area contributed by atoms with Gasteiger partial charge in [0, 0.05) is 6.42 Å². The van der Waals surface area contributed by atoms with Crippen LogP contribution in [-0.4, -0.2) is 34.9 Å². The maximum absolute atomic E-state index is 12.5. The number of hydrogen-bond acceptors (Lipinski definition) is 3. The van der Waals surface area contributed by atoms with E-state index in [1.54, 1.807) is 0 Å². The number of hydrogen-bond donors (Lipinski definition) is 3. The molecule has 4 heteroatoms. The van der Waals surface area contributed by atoms with Crippen molar-refractivity contribution in [3.8, 4) is 0 Å². The van der Waals surface area contributed by atoms with Gasteiger partial charge in [-0.3, -0.25) is 4.79 Å². The van der Waals surface area contributed by atoms with E-state index in [2.05, 4.69) is 67.8 Å². The Kier molecular flexibility index (Phi) is 59.2. The third kappa shape index (κ3) is 57.1. The van der Waals surface area contributed by atoms with Crippen LogP contribution in [0.15, 0.2) is 48.6 Å². The average molecular weight is 967 g/mol. The Balaban J connectivity index is 3.42. The second kappa shape index (κ2) is 60.7. The van der Waals surface area contributed by atoms with Crippen LogP contribution in [0.5, 0.6) is 0 Å². The minimum Gasteiger partial charge on any atom is -0.394 e. The van der Waals surface area contributed by atoms with Crippen molar-refractivity contribution >= 4 is 5.91 Å². The maximum Gasteiger partial charge on any atom is 0.220 e. The summed E-state index contributed by atoms with van der Waals surface area (Å²) in [5, 5.41) is 23.4. The number of allylic oxidation sites excluding steroid dienone is 8. The molecular formula is C65H123NO3. The molecule has 0 saturated heterocycles. The van der Waals surface area contributed by atoms with Gasteiger partial charge in [0.2, 0.25) is 5.91 Å². The van der Waals surface area contributed by atoms with Crippen LogP contribution in [0.3, 0.4) is 0 Å². The molecule has 0 aromatic carbocycles. The number of nitrogens with one attached hydrogen (secondary N) is 1. The zero-order chi connectivity index (χ0) is 49.9. The molecule has 0 saturated carbocycles. The summed E-state index contributed by atoms with van der Waals surface area (Å²) in [6, 6.07) is -0.539. The van der Waals surface area contributed by atoms with E-state index in [0.717, 1.165) is 51.4 Å². The fraction of sp³-hybridized carbons (Fsp3) is 0.862. The largest absolute Gasteiger partial charge is 0.394 e. The highest BCUT2D eigenvalue weighted by Gasteiger charge is 2.20. The summed E-state index contributed by atoms with van der Waals surface area (Å²) >= 11 is 0. The van der Waals surface area contributed by atoms with E-state index in [1.165, 1.54) is 263 Å². The van der Waals surface area contributed by atoms with Crippen LogP contribution >= 0.6 is 0 Å². The molecular weight excluding hydrogens is 843 g/mol. The van der Waals surface area contributed by atoms with Gasteiger partial charge in [0.1, 0.15) is 0 Å². The van der Waals surface area contributed by atoms with Crippen LogP contribution in [0.1, 0.15) is 341 Å². The Hall–Kier alpha value is -1.65. The molecule has 0 heterocycles. The smallest absolute Gasteiger partial charge is 0.220 e. The van der Waals surface area contributed by atoms with Gasteiger partial charge in [-0.2, -0.15) is 0 Å². The van der Waals surface area contributed by atoms with Crippen LogP contribution in [0.25, 0.3) is 0 Å². The summed E-state index contributed by atoms with van der Waals surface area (Å²) in [5.74, 6) is -0.0281. The van der Waals surface area contributed by atoms with E-state index in [4.69, 9.17) is 0 Å². The van der Waals surface area contributed by atoms with Gasteiger partial charge >= 0.3 is 0 Å². The fourth-order valence-corrected chi connectivity index (χ4v) is 9.89. The normalized spacial score (nSPS) is 13.0. The summed E-state index contributed by atoms with van der Waals surface area (Å²) in [4.78, 5) is 12.5. The lowest BCUT2D eigenvalue weighted by atomic mass is 10.0. The van der Waals surface area contributed by atoms with Crippen molar-refractivity contribution in [2.75, 3.05) is 6.61 Å². The lowest BCUT2D eigenvalue weighted by Gasteiger charge is -2.22. The molecule has 2 unspecified atom stereocenters. The highest BCUT2D eigenvalue weighted by molar-refractivity contribution is 5.76. The molecule has 0 aliphatic carbocycles. The third-order valence-corrected chi connectivity index (χ3v) is 14.6. The van der Waals surface area contributed by atoms with Crippen molar-refractivity contribution < 1.29 is 15.0 Å². The van der Waals surface area contributed by atoms with Gasteiger partial charge in [0.15, 0.2) is 0 Å². The van der Waals surface area contributed by atoms with Gasteiger partial charge in [0.25, 0.3) is 0 Å². The SMILES string of the molecule is CC/C=C\C/C=C\C/C=C\C/C=C\CCCCCCCCCCCCCCCCC(=O)NC(CO)C(O)CCCCCCCCCCCCCCCCCCCCCCCCCCCCCCCC. The molecule has 0 aromatic heterocycles. The van der Waals surface area contributed by atoms with E-state index in [-0.39, 0.29) is 12.5 Å². The lowest BCUT2D eigenvalue weighted by Crippen LogP contribution is -2.45. The quantitative estimate of drug-likeness (QED) is 0.0420. The molecule has 0 radical (unpaired) electrons. The molecule has 0 aromatic rings. The molecule has 0 fully saturated rings. The first-order valence-electron chi connectivity index (χ1n) is 31.3. The first-order chi connectivity index (χ1) is 34.2. The molecule has 3 N–H and O–H groups in total. The number of aliphatic hydroxyl groups is 2. The molecule has 4 nitrogen and oxygen atoms in total. The van der Waals surface area contributed by atoms with Crippen LogP contribution < -0.4 is 5.32 Å². The minimum absolute atomic E-state index is 0.0281. The molecule has 0 aliphatic rings. The number of carbonyl (C=O) groups excluding carboxylic acids is 1. The monoisotopic (exact) mass is 966 g/mol. The van der Waals surface area contributed by atoms with Crippen molar-refractivity contribution in [3.63, 3.8) is 0 Å². The Morgan fingerprint density at radius 3 is 0.957 bits per heavy atom. The van der Waals surface area contributed by atoms with Crippen LogP contribution in [-0.2, 0) is 4.79 Å². The molecule has 0 bridgehead atoms. The van der Waals surface area contributed by atoms with Gasteiger partial charge in [-0.15, -0.1) is 0 Å². The lowest BCUT2D eigenvalue weighted by molar-refractivity contribution is -0.123. The molecule has 0 spiro atoms. The van der Waals surface area contributed by atoms with Crippen molar-refractivity contribution in [3.05, 3.63) is 48.6 Å². The zero-order valence-corrected chi connectivity index (χ0v) is 46.8. The highest BCUT2D eigenvalue weighted by atomic mass is 16.3. The van der Waals surface area contributed by atoms with Gasteiger partial charge in [0.05, 0.1) is 18.8 Å². The Morgan fingerprint density at radius 1 is 0.362 bits per heavy atom. The van der Waals surface area contributed by atoms with E-state index < -0.39 is 12.1 Å². The van der Waals surface area contributed by atoms with Crippen LogP contribution in [0, 0.1) is 0 Å².